The van der Waals surface area contributed by atoms with E-state index in [4.69, 9.17) is 4.84 Å². The van der Waals surface area contributed by atoms with Gasteiger partial charge in [-0.2, -0.15) is 0 Å². The first-order chi connectivity index (χ1) is 15.7. The topological polar surface area (TPSA) is 71.0 Å². The maximum Gasteiger partial charge on any atom is 0.435 e. The number of carbonyl (C=O) groups excluding carboxylic acids is 2. The fourth-order valence-electron chi connectivity index (χ4n) is 8.07. The lowest BCUT2D eigenvalue weighted by Gasteiger charge is -2.58. The SMILES string of the molecule is CNCCCN(C)C(=O)O/N=C(\C)[C@H]1CC[C@H]2[C@@H]3CCC4=CC(=O)CC[C@]4(C)[C@H]3CC[C@]12C. The molecule has 6 atom stereocenters. The van der Waals surface area contributed by atoms with E-state index in [0.29, 0.717) is 36.5 Å². The number of carbonyl (C=O) groups is 2. The van der Waals surface area contributed by atoms with Gasteiger partial charge in [-0.1, -0.05) is 24.6 Å². The Labute approximate surface area is 199 Å². The third-order valence-electron chi connectivity index (χ3n) is 9.97. The van der Waals surface area contributed by atoms with Gasteiger partial charge in [-0.05, 0) is 107 Å². The van der Waals surface area contributed by atoms with E-state index < -0.39 is 0 Å². The van der Waals surface area contributed by atoms with E-state index >= 15 is 0 Å². The number of amides is 1. The van der Waals surface area contributed by atoms with Crippen LogP contribution in [0.5, 0.6) is 0 Å². The Hall–Kier alpha value is -1.69. The number of nitrogens with zero attached hydrogens (tertiary/aromatic N) is 2. The van der Waals surface area contributed by atoms with Crippen molar-refractivity contribution in [3.8, 4) is 0 Å². The Morgan fingerprint density at radius 3 is 2.73 bits per heavy atom. The van der Waals surface area contributed by atoms with Crippen molar-refractivity contribution in [1.82, 2.24) is 10.2 Å². The molecule has 0 aliphatic heterocycles. The molecular weight excluding hydrogens is 414 g/mol. The number of ketones is 1. The molecule has 0 heterocycles. The smallest absolute Gasteiger partial charge is 0.320 e. The van der Waals surface area contributed by atoms with Crippen LogP contribution in [0.2, 0.25) is 0 Å². The molecule has 0 unspecified atom stereocenters. The molecule has 4 aliphatic rings. The Balaban J connectivity index is 1.43. The lowest BCUT2D eigenvalue weighted by atomic mass is 9.46. The zero-order chi connectivity index (χ0) is 23.8. The number of fused-ring (bicyclic) bond motifs is 5. The molecule has 6 nitrogen and oxygen atoms in total. The fraction of sp³-hybridized carbons (Fsp3) is 0.815. The van der Waals surface area contributed by atoms with E-state index in [1.165, 1.54) is 31.3 Å². The van der Waals surface area contributed by atoms with Crippen LogP contribution in [-0.2, 0) is 9.63 Å². The zero-order valence-corrected chi connectivity index (χ0v) is 21.3. The number of hydrogen-bond donors (Lipinski definition) is 1. The second-order valence-electron chi connectivity index (χ2n) is 11.6. The van der Waals surface area contributed by atoms with E-state index in [1.54, 1.807) is 11.9 Å². The van der Waals surface area contributed by atoms with Crippen LogP contribution in [0.1, 0.15) is 78.6 Å². The summed E-state index contributed by atoms with van der Waals surface area (Å²) in [5.74, 6) is 2.84. The Bertz CT molecular complexity index is 836. The number of allylic oxidation sites excluding steroid dienone is 1. The first-order valence-electron chi connectivity index (χ1n) is 13.1. The van der Waals surface area contributed by atoms with Gasteiger partial charge in [0.25, 0.3) is 0 Å². The Morgan fingerprint density at radius 2 is 1.97 bits per heavy atom. The van der Waals surface area contributed by atoms with Gasteiger partial charge in [0.2, 0.25) is 0 Å². The number of oxime groups is 1. The van der Waals surface area contributed by atoms with E-state index in [-0.39, 0.29) is 16.9 Å². The molecule has 0 radical (unpaired) electrons. The first kappa shape index (κ1) is 24.4. The molecule has 1 N–H and O–H groups in total. The largest absolute Gasteiger partial charge is 0.435 e. The highest BCUT2D eigenvalue weighted by Gasteiger charge is 2.59. The van der Waals surface area contributed by atoms with Crippen molar-refractivity contribution in [3.63, 3.8) is 0 Å². The summed E-state index contributed by atoms with van der Waals surface area (Å²) in [6, 6.07) is 0. The van der Waals surface area contributed by atoms with Gasteiger partial charge < -0.3 is 10.2 Å². The van der Waals surface area contributed by atoms with Crippen molar-refractivity contribution >= 4 is 17.6 Å². The molecule has 0 saturated heterocycles. The molecular formula is C27H43N3O3. The fourth-order valence-corrected chi connectivity index (χ4v) is 8.07. The minimum absolute atomic E-state index is 0.215. The van der Waals surface area contributed by atoms with Gasteiger partial charge in [0.05, 0.1) is 5.71 Å². The minimum Gasteiger partial charge on any atom is -0.320 e. The summed E-state index contributed by atoms with van der Waals surface area (Å²) in [4.78, 5) is 31.4. The number of rotatable bonds is 6. The molecule has 0 aromatic heterocycles. The van der Waals surface area contributed by atoms with Gasteiger partial charge in [0.1, 0.15) is 0 Å². The second-order valence-corrected chi connectivity index (χ2v) is 11.6. The van der Waals surface area contributed by atoms with Crippen LogP contribution in [0.4, 0.5) is 4.79 Å². The van der Waals surface area contributed by atoms with Crippen molar-refractivity contribution < 1.29 is 14.4 Å². The van der Waals surface area contributed by atoms with Gasteiger partial charge in [-0.15, -0.1) is 0 Å². The summed E-state index contributed by atoms with van der Waals surface area (Å²) in [5, 5.41) is 7.44. The highest BCUT2D eigenvalue weighted by molar-refractivity contribution is 5.91. The van der Waals surface area contributed by atoms with Crippen LogP contribution in [0.15, 0.2) is 16.8 Å². The zero-order valence-electron chi connectivity index (χ0n) is 21.3. The first-order valence-corrected chi connectivity index (χ1v) is 13.1. The molecule has 4 rings (SSSR count). The monoisotopic (exact) mass is 457 g/mol. The maximum absolute atomic E-state index is 12.3. The molecule has 1 amide bonds. The summed E-state index contributed by atoms with van der Waals surface area (Å²) in [6.45, 7) is 8.48. The van der Waals surface area contributed by atoms with Gasteiger partial charge in [0, 0.05) is 25.9 Å². The van der Waals surface area contributed by atoms with Gasteiger partial charge in [-0.3, -0.25) is 9.63 Å². The van der Waals surface area contributed by atoms with Crippen LogP contribution in [-0.4, -0.2) is 49.7 Å². The lowest BCUT2D eigenvalue weighted by molar-refractivity contribution is -0.117. The molecule has 184 valence electrons. The molecule has 0 spiro atoms. The van der Waals surface area contributed by atoms with Crippen LogP contribution in [0, 0.1) is 34.5 Å². The summed E-state index contributed by atoms with van der Waals surface area (Å²) in [6.07, 6.45) is 11.4. The second kappa shape index (κ2) is 9.52. The highest BCUT2D eigenvalue weighted by atomic mass is 16.7. The van der Waals surface area contributed by atoms with Crippen molar-refractivity contribution in [1.29, 1.82) is 0 Å². The third-order valence-corrected chi connectivity index (χ3v) is 9.97. The lowest BCUT2D eigenvalue weighted by Crippen LogP contribution is -2.51. The molecule has 3 fully saturated rings. The van der Waals surface area contributed by atoms with Gasteiger partial charge in [0.15, 0.2) is 5.78 Å². The van der Waals surface area contributed by atoms with Crippen molar-refractivity contribution in [2.75, 3.05) is 27.2 Å². The molecule has 6 heteroatoms. The number of nitrogens with one attached hydrogen (secondary N) is 1. The summed E-state index contributed by atoms with van der Waals surface area (Å²) < 4.78 is 0. The van der Waals surface area contributed by atoms with E-state index in [1.807, 2.05) is 13.1 Å². The average Bonchev–Trinajstić information content (AvgIpc) is 3.15. The van der Waals surface area contributed by atoms with Crippen LogP contribution >= 0.6 is 0 Å². The normalized spacial score (nSPS) is 38.2. The average molecular weight is 458 g/mol. The van der Waals surface area contributed by atoms with Crippen LogP contribution in [0.3, 0.4) is 0 Å². The minimum atomic E-state index is -0.375. The van der Waals surface area contributed by atoms with Gasteiger partial charge >= 0.3 is 6.09 Å². The van der Waals surface area contributed by atoms with Gasteiger partial charge in [-0.25, -0.2) is 4.79 Å². The number of hydrogen-bond acceptors (Lipinski definition) is 5. The van der Waals surface area contributed by atoms with Crippen molar-refractivity contribution in [3.05, 3.63) is 11.6 Å². The molecule has 4 aliphatic carbocycles. The maximum atomic E-state index is 12.3. The predicted octanol–water partition coefficient (Wildman–Crippen LogP) is 5.19. The van der Waals surface area contributed by atoms with Crippen LogP contribution in [0.25, 0.3) is 0 Å². The highest BCUT2D eigenvalue weighted by Crippen LogP contribution is 2.66. The standard InChI is InChI=1S/C27H43N3O3/c1-18(29-33-25(32)30(5)16-6-15-28-4)22-9-10-23-21-8-7-19-17-20(31)11-13-26(19,2)24(21)12-14-27(22,23)3/h17,21-24,28H,6-16H2,1-5H3/b29-18+/t21-,22+,23-,24-,26-,27+/m0/s1. The molecule has 33 heavy (non-hydrogen) atoms. The summed E-state index contributed by atoms with van der Waals surface area (Å²) >= 11 is 0. The van der Waals surface area contributed by atoms with Crippen molar-refractivity contribution in [2.45, 2.75) is 78.6 Å². The van der Waals surface area contributed by atoms with Crippen LogP contribution < -0.4 is 5.32 Å². The Morgan fingerprint density at radius 1 is 1.18 bits per heavy atom. The van der Waals surface area contributed by atoms with E-state index in [0.717, 1.165) is 43.9 Å². The van der Waals surface area contributed by atoms with E-state index in [2.05, 4.69) is 31.2 Å². The summed E-state index contributed by atoms with van der Waals surface area (Å²) in [7, 11) is 3.68. The summed E-state index contributed by atoms with van der Waals surface area (Å²) in [5.41, 5.74) is 2.84. The molecule has 0 aromatic carbocycles. The van der Waals surface area contributed by atoms with Crippen molar-refractivity contribution in [2.24, 2.45) is 39.7 Å². The Kier molecular flexibility index (Phi) is 7.05. The quantitative estimate of drug-likeness (QED) is 0.258. The molecule has 0 bridgehead atoms. The van der Waals surface area contributed by atoms with E-state index in [9.17, 15) is 9.59 Å². The third kappa shape index (κ3) is 4.40. The molecule has 0 aromatic rings. The molecule has 3 saturated carbocycles. The predicted molar refractivity (Wildman–Crippen MR) is 131 cm³/mol.